The van der Waals surface area contributed by atoms with E-state index in [-0.39, 0.29) is 0 Å². The molecular weight excluding hydrogens is 194 g/mol. The van der Waals surface area contributed by atoms with Crippen LogP contribution >= 0.6 is 11.8 Å². The van der Waals surface area contributed by atoms with Crippen LogP contribution in [0.1, 0.15) is 26.5 Å². The second-order valence-corrected chi connectivity index (χ2v) is 5.31. The maximum absolute atomic E-state index is 5.25. The maximum atomic E-state index is 5.25. The van der Waals surface area contributed by atoms with Gasteiger partial charge in [0.2, 0.25) is 0 Å². The third-order valence-electron chi connectivity index (χ3n) is 1.95. The molecule has 1 heterocycles. The standard InChI is InChI=1S/C11H19NOS/c1-8(2)12-7-9(3)14-11-5-6-13-10(11)4/h5-6,8-9,12H,7H2,1-4H3. The Hall–Kier alpha value is -0.410. The van der Waals surface area contributed by atoms with Crippen molar-refractivity contribution in [2.75, 3.05) is 6.54 Å². The summed E-state index contributed by atoms with van der Waals surface area (Å²) in [5.74, 6) is 1.02. The van der Waals surface area contributed by atoms with E-state index in [4.69, 9.17) is 4.42 Å². The molecule has 1 rings (SSSR count). The summed E-state index contributed by atoms with van der Waals surface area (Å²) in [7, 11) is 0. The molecule has 1 unspecified atom stereocenters. The molecule has 0 radical (unpaired) electrons. The highest BCUT2D eigenvalue weighted by Gasteiger charge is 2.08. The molecule has 0 aliphatic rings. The van der Waals surface area contributed by atoms with Crippen LogP contribution in [0.25, 0.3) is 0 Å². The van der Waals surface area contributed by atoms with Gasteiger partial charge in [-0.25, -0.2) is 0 Å². The Labute approximate surface area is 90.5 Å². The Morgan fingerprint density at radius 1 is 1.43 bits per heavy atom. The predicted molar refractivity (Wildman–Crippen MR) is 61.9 cm³/mol. The molecule has 0 spiro atoms. The van der Waals surface area contributed by atoms with Gasteiger partial charge in [-0.1, -0.05) is 20.8 Å². The van der Waals surface area contributed by atoms with Gasteiger partial charge in [-0.15, -0.1) is 11.8 Å². The molecule has 1 N–H and O–H groups in total. The van der Waals surface area contributed by atoms with Crippen molar-refractivity contribution >= 4 is 11.8 Å². The summed E-state index contributed by atoms with van der Waals surface area (Å²) in [6, 6.07) is 2.59. The number of furan rings is 1. The second kappa shape index (κ2) is 5.47. The van der Waals surface area contributed by atoms with Crippen LogP contribution < -0.4 is 5.32 Å². The first-order chi connectivity index (χ1) is 6.59. The average Bonchev–Trinajstić information content (AvgIpc) is 2.49. The fourth-order valence-corrected chi connectivity index (χ4v) is 2.12. The van der Waals surface area contributed by atoms with Gasteiger partial charge in [-0.05, 0) is 13.0 Å². The number of hydrogen-bond donors (Lipinski definition) is 1. The zero-order valence-electron chi connectivity index (χ0n) is 9.33. The van der Waals surface area contributed by atoms with Crippen LogP contribution in [0.2, 0.25) is 0 Å². The van der Waals surface area contributed by atoms with Gasteiger partial charge in [0.15, 0.2) is 0 Å². The van der Waals surface area contributed by atoms with Crippen LogP contribution in [0.4, 0.5) is 0 Å². The molecule has 0 saturated carbocycles. The van der Waals surface area contributed by atoms with Crippen LogP contribution in [-0.4, -0.2) is 17.8 Å². The van der Waals surface area contributed by atoms with E-state index >= 15 is 0 Å². The molecule has 0 amide bonds. The Bertz CT molecular complexity index is 270. The molecule has 1 aromatic rings. The molecule has 1 aromatic heterocycles. The number of rotatable bonds is 5. The Balaban J connectivity index is 2.34. The van der Waals surface area contributed by atoms with Crippen molar-refractivity contribution in [3.63, 3.8) is 0 Å². The highest BCUT2D eigenvalue weighted by Crippen LogP contribution is 2.26. The first-order valence-electron chi connectivity index (χ1n) is 5.03. The number of nitrogens with one attached hydrogen (secondary N) is 1. The minimum absolute atomic E-state index is 0.559. The molecule has 80 valence electrons. The number of aryl methyl sites for hydroxylation is 1. The van der Waals surface area contributed by atoms with Crippen molar-refractivity contribution in [3.8, 4) is 0 Å². The van der Waals surface area contributed by atoms with E-state index in [2.05, 4.69) is 26.1 Å². The van der Waals surface area contributed by atoms with Crippen molar-refractivity contribution in [3.05, 3.63) is 18.1 Å². The van der Waals surface area contributed by atoms with Gasteiger partial charge >= 0.3 is 0 Å². The van der Waals surface area contributed by atoms with Crippen LogP contribution in [0.3, 0.4) is 0 Å². The summed E-state index contributed by atoms with van der Waals surface area (Å²) >= 11 is 1.86. The van der Waals surface area contributed by atoms with E-state index in [9.17, 15) is 0 Å². The number of thioether (sulfide) groups is 1. The van der Waals surface area contributed by atoms with Gasteiger partial charge in [0.25, 0.3) is 0 Å². The zero-order valence-corrected chi connectivity index (χ0v) is 10.1. The molecule has 0 aromatic carbocycles. The van der Waals surface area contributed by atoms with Gasteiger partial charge in [-0.2, -0.15) is 0 Å². The first kappa shape index (κ1) is 11.7. The monoisotopic (exact) mass is 213 g/mol. The molecule has 3 heteroatoms. The Kier molecular flexibility index (Phi) is 4.55. The van der Waals surface area contributed by atoms with Gasteiger partial charge in [0.05, 0.1) is 6.26 Å². The van der Waals surface area contributed by atoms with Crippen LogP contribution in [0.15, 0.2) is 21.6 Å². The lowest BCUT2D eigenvalue weighted by Gasteiger charge is -2.13. The van der Waals surface area contributed by atoms with Gasteiger partial charge in [-0.3, -0.25) is 0 Å². The third-order valence-corrected chi connectivity index (χ3v) is 3.20. The van der Waals surface area contributed by atoms with Gasteiger partial charge in [0.1, 0.15) is 5.76 Å². The highest BCUT2D eigenvalue weighted by molar-refractivity contribution is 8.00. The van der Waals surface area contributed by atoms with E-state index in [0.29, 0.717) is 11.3 Å². The summed E-state index contributed by atoms with van der Waals surface area (Å²) in [6.45, 7) is 9.60. The van der Waals surface area contributed by atoms with Gasteiger partial charge < -0.3 is 9.73 Å². The molecule has 2 nitrogen and oxygen atoms in total. The molecule has 0 aliphatic carbocycles. The zero-order chi connectivity index (χ0) is 10.6. The van der Waals surface area contributed by atoms with Crippen molar-refractivity contribution < 1.29 is 4.42 Å². The quantitative estimate of drug-likeness (QED) is 0.761. The van der Waals surface area contributed by atoms with E-state index in [1.54, 1.807) is 6.26 Å². The number of hydrogen-bond acceptors (Lipinski definition) is 3. The molecule has 0 bridgehead atoms. The molecule has 14 heavy (non-hydrogen) atoms. The van der Waals surface area contributed by atoms with Crippen molar-refractivity contribution in [1.82, 2.24) is 5.32 Å². The van der Waals surface area contributed by atoms with Crippen molar-refractivity contribution in [2.45, 2.75) is 43.9 Å². The van der Waals surface area contributed by atoms with E-state index < -0.39 is 0 Å². The molecule has 0 saturated heterocycles. The lowest BCUT2D eigenvalue weighted by Crippen LogP contribution is -2.28. The Morgan fingerprint density at radius 2 is 2.14 bits per heavy atom. The molecule has 0 aliphatic heterocycles. The summed E-state index contributed by atoms with van der Waals surface area (Å²) in [5, 5.41) is 4.00. The fourth-order valence-electron chi connectivity index (χ4n) is 1.16. The molecular formula is C11H19NOS. The summed E-state index contributed by atoms with van der Waals surface area (Å²) in [5.41, 5.74) is 0. The van der Waals surface area contributed by atoms with E-state index in [1.165, 1.54) is 4.90 Å². The first-order valence-corrected chi connectivity index (χ1v) is 5.91. The lowest BCUT2D eigenvalue weighted by atomic mass is 10.3. The minimum Gasteiger partial charge on any atom is -0.468 e. The van der Waals surface area contributed by atoms with Crippen LogP contribution in [0.5, 0.6) is 0 Å². The molecule has 0 fully saturated rings. The minimum atomic E-state index is 0.559. The van der Waals surface area contributed by atoms with Crippen LogP contribution in [-0.2, 0) is 0 Å². The van der Waals surface area contributed by atoms with E-state index in [0.717, 1.165) is 12.3 Å². The van der Waals surface area contributed by atoms with E-state index in [1.807, 2.05) is 24.8 Å². The predicted octanol–water partition coefficient (Wildman–Crippen LogP) is 3.07. The molecule has 1 atom stereocenters. The topological polar surface area (TPSA) is 25.2 Å². The van der Waals surface area contributed by atoms with Crippen LogP contribution in [0, 0.1) is 6.92 Å². The smallest absolute Gasteiger partial charge is 0.114 e. The highest BCUT2D eigenvalue weighted by atomic mass is 32.2. The van der Waals surface area contributed by atoms with Gasteiger partial charge in [0, 0.05) is 22.7 Å². The second-order valence-electron chi connectivity index (χ2n) is 3.83. The maximum Gasteiger partial charge on any atom is 0.114 e. The normalized spacial score (nSPS) is 13.5. The summed E-state index contributed by atoms with van der Waals surface area (Å²) < 4.78 is 5.25. The largest absolute Gasteiger partial charge is 0.468 e. The SMILES string of the molecule is Cc1occc1SC(C)CNC(C)C. The fraction of sp³-hybridized carbons (Fsp3) is 0.636. The lowest BCUT2D eigenvalue weighted by molar-refractivity contribution is 0.526. The summed E-state index contributed by atoms with van der Waals surface area (Å²) in [4.78, 5) is 1.25. The van der Waals surface area contributed by atoms with Crippen molar-refractivity contribution in [1.29, 1.82) is 0 Å². The third kappa shape index (κ3) is 3.76. The van der Waals surface area contributed by atoms with Crippen molar-refractivity contribution in [2.24, 2.45) is 0 Å². The Morgan fingerprint density at radius 3 is 2.64 bits per heavy atom. The average molecular weight is 213 g/mol. The summed E-state index contributed by atoms with van der Waals surface area (Å²) in [6.07, 6.45) is 1.75.